The average Bonchev–Trinajstić information content (AvgIpc) is 3.16. The minimum Gasteiger partial charge on any atom is -0.485 e. The molecule has 0 atom stereocenters. The molecule has 0 spiro atoms. The maximum Gasteiger partial charge on any atom is 0.255 e. The van der Waals surface area contributed by atoms with Gasteiger partial charge in [0.05, 0.1) is 17.8 Å². The van der Waals surface area contributed by atoms with Crippen molar-refractivity contribution in [3.8, 4) is 5.75 Å². The van der Waals surface area contributed by atoms with E-state index >= 15 is 0 Å². The Labute approximate surface area is 144 Å². The van der Waals surface area contributed by atoms with Gasteiger partial charge in [-0.25, -0.2) is 4.98 Å². The second kappa shape index (κ2) is 7.16. The molecule has 0 radical (unpaired) electrons. The number of para-hydroxylation sites is 1. The van der Waals surface area contributed by atoms with Gasteiger partial charge in [-0.1, -0.05) is 17.3 Å². The first-order valence-electron chi connectivity index (χ1n) is 7.75. The summed E-state index contributed by atoms with van der Waals surface area (Å²) >= 11 is 0. The molecule has 0 aliphatic carbocycles. The highest BCUT2D eigenvalue weighted by Crippen LogP contribution is 2.19. The SMILES string of the molecule is Cc1nc(COc2ccccc2C(=O)NCc2nc(C)c(C)o2)no1. The van der Waals surface area contributed by atoms with E-state index in [9.17, 15) is 4.79 Å². The van der Waals surface area contributed by atoms with E-state index in [0.717, 1.165) is 11.5 Å². The van der Waals surface area contributed by atoms with Crippen LogP contribution in [0.3, 0.4) is 0 Å². The number of aromatic nitrogens is 3. The number of nitrogens with one attached hydrogen (secondary N) is 1. The summed E-state index contributed by atoms with van der Waals surface area (Å²) in [4.78, 5) is 20.7. The highest BCUT2D eigenvalue weighted by molar-refractivity contribution is 5.96. The van der Waals surface area contributed by atoms with Crippen LogP contribution in [0.2, 0.25) is 0 Å². The molecule has 2 aromatic heterocycles. The summed E-state index contributed by atoms with van der Waals surface area (Å²) in [5.74, 6) is 2.22. The van der Waals surface area contributed by atoms with Crippen LogP contribution in [-0.4, -0.2) is 21.0 Å². The Kier molecular flexibility index (Phi) is 4.78. The smallest absolute Gasteiger partial charge is 0.255 e. The summed E-state index contributed by atoms with van der Waals surface area (Å²) < 4.78 is 16.0. The summed E-state index contributed by atoms with van der Waals surface area (Å²) in [7, 11) is 0. The monoisotopic (exact) mass is 342 g/mol. The zero-order valence-electron chi connectivity index (χ0n) is 14.2. The fraction of sp³-hybridized carbons (Fsp3) is 0.294. The maximum atomic E-state index is 12.4. The summed E-state index contributed by atoms with van der Waals surface area (Å²) in [5.41, 5.74) is 1.21. The summed E-state index contributed by atoms with van der Waals surface area (Å²) in [6.45, 7) is 5.69. The number of aryl methyl sites for hydroxylation is 3. The Morgan fingerprint density at radius 2 is 2.00 bits per heavy atom. The molecule has 0 fully saturated rings. The van der Waals surface area contributed by atoms with Crippen molar-refractivity contribution >= 4 is 5.91 Å². The van der Waals surface area contributed by atoms with Gasteiger partial charge in [0, 0.05) is 6.92 Å². The van der Waals surface area contributed by atoms with Gasteiger partial charge in [0.15, 0.2) is 6.61 Å². The van der Waals surface area contributed by atoms with E-state index in [0.29, 0.717) is 28.9 Å². The largest absolute Gasteiger partial charge is 0.485 e. The lowest BCUT2D eigenvalue weighted by Gasteiger charge is -2.09. The van der Waals surface area contributed by atoms with E-state index in [-0.39, 0.29) is 19.1 Å². The summed E-state index contributed by atoms with van der Waals surface area (Å²) in [5, 5.41) is 6.53. The van der Waals surface area contributed by atoms with E-state index in [2.05, 4.69) is 20.4 Å². The minimum atomic E-state index is -0.284. The Hall–Kier alpha value is -3.16. The van der Waals surface area contributed by atoms with E-state index in [1.807, 2.05) is 13.8 Å². The van der Waals surface area contributed by atoms with Crippen molar-refractivity contribution in [3.05, 3.63) is 58.9 Å². The van der Waals surface area contributed by atoms with Crippen molar-refractivity contribution in [2.75, 3.05) is 0 Å². The van der Waals surface area contributed by atoms with Crippen molar-refractivity contribution in [3.63, 3.8) is 0 Å². The second-order valence-electron chi connectivity index (χ2n) is 5.45. The van der Waals surface area contributed by atoms with Crippen LogP contribution in [0.4, 0.5) is 0 Å². The van der Waals surface area contributed by atoms with Crippen LogP contribution in [0.25, 0.3) is 0 Å². The third kappa shape index (κ3) is 4.03. The van der Waals surface area contributed by atoms with Crippen LogP contribution in [0.5, 0.6) is 5.75 Å². The predicted molar refractivity (Wildman–Crippen MR) is 87.0 cm³/mol. The molecular weight excluding hydrogens is 324 g/mol. The highest BCUT2D eigenvalue weighted by atomic mass is 16.5. The normalized spacial score (nSPS) is 10.7. The van der Waals surface area contributed by atoms with Crippen molar-refractivity contribution in [2.24, 2.45) is 0 Å². The molecule has 3 aromatic rings. The standard InChI is InChI=1S/C17H18N4O4/c1-10-11(2)24-16(19-10)8-18-17(22)13-6-4-5-7-14(13)23-9-15-20-12(3)25-21-15/h4-7H,8-9H2,1-3H3,(H,18,22). The predicted octanol–water partition coefficient (Wildman–Crippen LogP) is 2.49. The van der Waals surface area contributed by atoms with Crippen LogP contribution < -0.4 is 10.1 Å². The Morgan fingerprint density at radius 3 is 2.68 bits per heavy atom. The molecule has 0 saturated carbocycles. The number of ether oxygens (including phenoxy) is 1. The molecule has 0 saturated heterocycles. The number of oxazole rings is 1. The number of hydrogen-bond donors (Lipinski definition) is 1. The van der Waals surface area contributed by atoms with Gasteiger partial charge in [0.2, 0.25) is 17.6 Å². The zero-order chi connectivity index (χ0) is 17.8. The third-order valence-corrected chi connectivity index (χ3v) is 3.53. The first-order valence-corrected chi connectivity index (χ1v) is 7.75. The fourth-order valence-electron chi connectivity index (χ4n) is 2.19. The number of hydrogen-bond acceptors (Lipinski definition) is 7. The number of carbonyl (C=O) groups excluding carboxylic acids is 1. The van der Waals surface area contributed by atoms with Gasteiger partial charge in [0.25, 0.3) is 5.91 Å². The molecule has 3 rings (SSSR count). The van der Waals surface area contributed by atoms with Crippen molar-refractivity contribution in [1.82, 2.24) is 20.4 Å². The lowest BCUT2D eigenvalue weighted by atomic mass is 10.2. The average molecular weight is 342 g/mol. The van der Waals surface area contributed by atoms with Crippen molar-refractivity contribution in [1.29, 1.82) is 0 Å². The lowest BCUT2D eigenvalue weighted by Crippen LogP contribution is -2.23. The van der Waals surface area contributed by atoms with Gasteiger partial charge >= 0.3 is 0 Å². The molecule has 8 nitrogen and oxygen atoms in total. The van der Waals surface area contributed by atoms with Crippen LogP contribution in [0, 0.1) is 20.8 Å². The molecule has 130 valence electrons. The Morgan fingerprint density at radius 1 is 1.20 bits per heavy atom. The van der Waals surface area contributed by atoms with Gasteiger partial charge in [-0.2, -0.15) is 4.98 Å². The molecular formula is C17H18N4O4. The van der Waals surface area contributed by atoms with E-state index in [4.69, 9.17) is 13.7 Å². The van der Waals surface area contributed by atoms with Gasteiger partial charge < -0.3 is 19.0 Å². The lowest BCUT2D eigenvalue weighted by molar-refractivity contribution is 0.0942. The fourth-order valence-corrected chi connectivity index (χ4v) is 2.19. The van der Waals surface area contributed by atoms with Crippen molar-refractivity contribution in [2.45, 2.75) is 33.9 Å². The van der Waals surface area contributed by atoms with Crippen LogP contribution >= 0.6 is 0 Å². The number of benzene rings is 1. The Balaban J connectivity index is 1.65. The molecule has 0 aliphatic rings. The first kappa shape index (κ1) is 16.7. The van der Waals surface area contributed by atoms with E-state index in [1.165, 1.54) is 0 Å². The Bertz CT molecular complexity index is 865. The first-order chi connectivity index (χ1) is 12.0. The number of nitrogens with zero attached hydrogens (tertiary/aromatic N) is 3. The third-order valence-electron chi connectivity index (χ3n) is 3.53. The van der Waals surface area contributed by atoms with Gasteiger partial charge in [0.1, 0.15) is 11.5 Å². The highest BCUT2D eigenvalue weighted by Gasteiger charge is 2.14. The van der Waals surface area contributed by atoms with Crippen LogP contribution in [0.15, 0.2) is 33.2 Å². The summed E-state index contributed by atoms with van der Waals surface area (Å²) in [6.07, 6.45) is 0. The molecule has 1 N–H and O–H groups in total. The molecule has 1 amide bonds. The topological polar surface area (TPSA) is 103 Å². The van der Waals surface area contributed by atoms with Gasteiger partial charge in [-0.3, -0.25) is 4.79 Å². The maximum absolute atomic E-state index is 12.4. The molecule has 8 heteroatoms. The molecule has 0 aliphatic heterocycles. The van der Waals surface area contributed by atoms with Gasteiger partial charge in [-0.15, -0.1) is 0 Å². The number of rotatable bonds is 6. The zero-order valence-corrected chi connectivity index (χ0v) is 14.2. The molecule has 2 heterocycles. The molecule has 1 aromatic carbocycles. The minimum absolute atomic E-state index is 0.111. The van der Waals surface area contributed by atoms with Crippen LogP contribution in [0.1, 0.15) is 39.4 Å². The summed E-state index contributed by atoms with van der Waals surface area (Å²) in [6, 6.07) is 6.94. The van der Waals surface area contributed by atoms with Crippen LogP contribution in [-0.2, 0) is 13.2 Å². The number of amides is 1. The van der Waals surface area contributed by atoms with Crippen molar-refractivity contribution < 1.29 is 18.5 Å². The molecule has 25 heavy (non-hydrogen) atoms. The second-order valence-corrected chi connectivity index (χ2v) is 5.45. The number of carbonyl (C=O) groups is 1. The van der Waals surface area contributed by atoms with Gasteiger partial charge in [-0.05, 0) is 26.0 Å². The molecule has 0 bridgehead atoms. The van der Waals surface area contributed by atoms with E-state index < -0.39 is 0 Å². The van der Waals surface area contributed by atoms with E-state index in [1.54, 1.807) is 31.2 Å². The quantitative estimate of drug-likeness (QED) is 0.734. The molecule has 0 unspecified atom stereocenters.